The molecule has 1 nitrogen and oxygen atoms in total. The Hall–Kier alpha value is -0.323. The van der Waals surface area contributed by atoms with Gasteiger partial charge in [0.05, 0.1) is 0 Å². The molecule has 0 radical (unpaired) electrons. The highest BCUT2D eigenvalue weighted by atomic mass is 32.4. The molecule has 0 aliphatic rings. The molecular formula is C11H17NS2Si. The zero-order valence-electron chi connectivity index (χ0n) is 9.63. The van der Waals surface area contributed by atoms with Crippen LogP contribution >= 0.6 is 23.4 Å². The topological polar surface area (TPSA) is 12.0 Å². The van der Waals surface area contributed by atoms with Crippen LogP contribution in [0, 0.1) is 6.92 Å². The van der Waals surface area contributed by atoms with Crippen molar-refractivity contribution in [1.82, 2.24) is 0 Å². The van der Waals surface area contributed by atoms with Crippen LogP contribution in [0.3, 0.4) is 0 Å². The molecule has 0 aliphatic carbocycles. The van der Waals surface area contributed by atoms with E-state index < -0.39 is 7.22 Å². The van der Waals surface area contributed by atoms with Crippen molar-refractivity contribution < 1.29 is 0 Å². The number of aryl methyl sites for hydroxylation is 1. The van der Waals surface area contributed by atoms with Gasteiger partial charge in [0.15, 0.2) is 0 Å². The van der Waals surface area contributed by atoms with Crippen molar-refractivity contribution in [2.45, 2.75) is 26.6 Å². The van der Waals surface area contributed by atoms with Gasteiger partial charge in [-0.3, -0.25) is 0 Å². The Kier molecular flexibility index (Phi) is 4.37. The molecule has 1 rings (SSSR count). The summed E-state index contributed by atoms with van der Waals surface area (Å²) < 4.78 is 0.887. The number of benzene rings is 1. The molecule has 1 N–H and O–H groups in total. The Labute approximate surface area is 102 Å². The molecule has 0 aromatic heterocycles. The van der Waals surface area contributed by atoms with Crippen LogP contribution in [0.2, 0.25) is 19.6 Å². The Balaban J connectivity index is 2.55. The first-order chi connectivity index (χ1) is 6.87. The van der Waals surface area contributed by atoms with Gasteiger partial charge in [0, 0.05) is 5.69 Å². The standard InChI is InChI=1S/C11H17NS2Si/c1-9-5-7-10(8-6-9)12-11(13)14-15(2,3)4/h5-8H,1-4H3,(H,12,13). The Morgan fingerprint density at radius 1 is 1.20 bits per heavy atom. The number of thiocarbonyl (C=S) groups is 1. The lowest BCUT2D eigenvalue weighted by Gasteiger charge is -2.16. The van der Waals surface area contributed by atoms with Gasteiger partial charge in [0.2, 0.25) is 0 Å². The summed E-state index contributed by atoms with van der Waals surface area (Å²) in [5.74, 6) is 0. The summed E-state index contributed by atoms with van der Waals surface area (Å²) in [6.45, 7) is 8.96. The van der Waals surface area contributed by atoms with Crippen LogP contribution in [0.1, 0.15) is 5.56 Å². The molecular weight excluding hydrogens is 238 g/mol. The highest BCUT2D eigenvalue weighted by molar-refractivity contribution is 8.44. The molecule has 0 fully saturated rings. The summed E-state index contributed by atoms with van der Waals surface area (Å²) >= 11 is 7.12. The quantitative estimate of drug-likeness (QED) is 0.626. The van der Waals surface area contributed by atoms with Crippen LogP contribution in [0.4, 0.5) is 5.69 Å². The predicted molar refractivity (Wildman–Crippen MR) is 78.3 cm³/mol. The second kappa shape index (κ2) is 5.14. The molecule has 0 unspecified atom stereocenters. The van der Waals surface area contributed by atoms with Crippen molar-refractivity contribution in [1.29, 1.82) is 0 Å². The van der Waals surface area contributed by atoms with E-state index >= 15 is 0 Å². The van der Waals surface area contributed by atoms with Gasteiger partial charge in [0.1, 0.15) is 11.5 Å². The van der Waals surface area contributed by atoms with Gasteiger partial charge in [-0.25, -0.2) is 0 Å². The number of hydrogen-bond acceptors (Lipinski definition) is 2. The fourth-order valence-corrected chi connectivity index (χ4v) is 5.97. The lowest BCUT2D eigenvalue weighted by Crippen LogP contribution is -2.20. The molecule has 0 spiro atoms. The average molecular weight is 255 g/mol. The van der Waals surface area contributed by atoms with E-state index in [1.807, 2.05) is 11.2 Å². The van der Waals surface area contributed by atoms with E-state index in [1.165, 1.54) is 5.56 Å². The third kappa shape index (κ3) is 5.35. The second-order valence-corrected chi connectivity index (χ2v) is 14.3. The maximum absolute atomic E-state index is 5.30. The molecule has 0 bridgehead atoms. The van der Waals surface area contributed by atoms with E-state index in [-0.39, 0.29) is 0 Å². The molecule has 4 heteroatoms. The minimum Gasteiger partial charge on any atom is -0.342 e. The lowest BCUT2D eigenvalue weighted by molar-refractivity contribution is 1.47. The number of anilines is 1. The molecule has 0 heterocycles. The van der Waals surface area contributed by atoms with Crippen molar-refractivity contribution in [2.24, 2.45) is 0 Å². The highest BCUT2D eigenvalue weighted by Crippen LogP contribution is 2.22. The Morgan fingerprint density at radius 3 is 2.20 bits per heavy atom. The van der Waals surface area contributed by atoms with Gasteiger partial charge in [0.25, 0.3) is 0 Å². The van der Waals surface area contributed by atoms with Crippen LogP contribution < -0.4 is 5.32 Å². The van der Waals surface area contributed by atoms with Crippen molar-refractivity contribution in [3.63, 3.8) is 0 Å². The molecule has 0 saturated heterocycles. The summed E-state index contributed by atoms with van der Waals surface area (Å²) in [7, 11) is -1.17. The van der Waals surface area contributed by atoms with Gasteiger partial charge in [-0.2, -0.15) is 0 Å². The van der Waals surface area contributed by atoms with Crippen molar-refractivity contribution in [3.8, 4) is 0 Å². The van der Waals surface area contributed by atoms with Crippen molar-refractivity contribution >= 4 is 40.7 Å². The predicted octanol–water partition coefficient (Wildman–Crippen LogP) is 4.26. The first-order valence-electron chi connectivity index (χ1n) is 4.93. The summed E-state index contributed by atoms with van der Waals surface area (Å²) in [6, 6.07) is 8.30. The van der Waals surface area contributed by atoms with E-state index in [0.29, 0.717) is 0 Å². The van der Waals surface area contributed by atoms with Gasteiger partial charge >= 0.3 is 0 Å². The maximum atomic E-state index is 5.30. The minimum atomic E-state index is -1.17. The normalized spacial score (nSPS) is 11.2. The number of rotatable bonds is 2. The molecule has 1 aromatic rings. The molecule has 0 aliphatic heterocycles. The van der Waals surface area contributed by atoms with Crippen LogP contribution in [0.15, 0.2) is 24.3 Å². The van der Waals surface area contributed by atoms with E-state index in [9.17, 15) is 0 Å². The Morgan fingerprint density at radius 2 is 1.73 bits per heavy atom. The largest absolute Gasteiger partial charge is 0.342 e. The minimum absolute atomic E-state index is 0.887. The SMILES string of the molecule is Cc1ccc(NC(=S)S[Si](C)(C)C)cc1. The zero-order valence-corrected chi connectivity index (χ0v) is 12.3. The van der Waals surface area contributed by atoms with Gasteiger partial charge in [-0.05, 0) is 19.1 Å². The lowest BCUT2D eigenvalue weighted by atomic mass is 10.2. The van der Waals surface area contributed by atoms with E-state index in [0.717, 1.165) is 10.0 Å². The van der Waals surface area contributed by atoms with Crippen LogP contribution in [0.25, 0.3) is 0 Å². The van der Waals surface area contributed by atoms with E-state index in [1.54, 1.807) is 0 Å². The van der Waals surface area contributed by atoms with Crippen LogP contribution in [0.5, 0.6) is 0 Å². The zero-order chi connectivity index (χ0) is 11.5. The number of hydrogen-bond donors (Lipinski definition) is 1. The second-order valence-electron chi connectivity index (χ2n) is 4.49. The third-order valence-electron chi connectivity index (χ3n) is 1.70. The Bertz CT molecular complexity index is 341. The molecule has 0 amide bonds. The fraction of sp³-hybridized carbons (Fsp3) is 0.364. The van der Waals surface area contributed by atoms with Gasteiger partial charge in [-0.1, -0.05) is 49.6 Å². The fourth-order valence-electron chi connectivity index (χ4n) is 1.06. The first kappa shape index (κ1) is 12.7. The maximum Gasteiger partial charge on any atom is 0.132 e. The summed E-state index contributed by atoms with van der Waals surface area (Å²) in [6.07, 6.45) is 0. The monoisotopic (exact) mass is 255 g/mol. The van der Waals surface area contributed by atoms with Gasteiger partial charge in [-0.15, -0.1) is 11.2 Å². The van der Waals surface area contributed by atoms with Gasteiger partial charge < -0.3 is 5.32 Å². The first-order valence-corrected chi connectivity index (χ1v) is 10.4. The van der Waals surface area contributed by atoms with Crippen LogP contribution in [-0.2, 0) is 0 Å². The molecule has 82 valence electrons. The molecule has 15 heavy (non-hydrogen) atoms. The van der Waals surface area contributed by atoms with Crippen molar-refractivity contribution in [3.05, 3.63) is 29.8 Å². The summed E-state index contributed by atoms with van der Waals surface area (Å²) in [5, 5.41) is 3.25. The number of nitrogens with one attached hydrogen (secondary N) is 1. The average Bonchev–Trinajstić information content (AvgIpc) is 2.05. The van der Waals surface area contributed by atoms with E-state index in [4.69, 9.17) is 12.2 Å². The van der Waals surface area contributed by atoms with Crippen molar-refractivity contribution in [2.75, 3.05) is 5.32 Å². The van der Waals surface area contributed by atoms with Crippen LogP contribution in [-0.4, -0.2) is 11.5 Å². The third-order valence-corrected chi connectivity index (χ3v) is 5.84. The van der Waals surface area contributed by atoms with E-state index in [2.05, 4.69) is 56.1 Å². The summed E-state index contributed by atoms with van der Waals surface area (Å²) in [5.41, 5.74) is 2.35. The molecule has 0 atom stereocenters. The molecule has 0 saturated carbocycles. The molecule has 1 aromatic carbocycles. The smallest absolute Gasteiger partial charge is 0.132 e. The highest BCUT2D eigenvalue weighted by Gasteiger charge is 2.16. The summed E-state index contributed by atoms with van der Waals surface area (Å²) in [4.78, 5) is 0.